The van der Waals surface area contributed by atoms with Gasteiger partial charge in [-0.2, -0.15) is 0 Å². The number of benzene rings is 2. The largest absolute Gasteiger partial charge is 0.399 e. The third kappa shape index (κ3) is 2.64. The van der Waals surface area contributed by atoms with Gasteiger partial charge in [-0.15, -0.1) is 5.06 Å². The number of hydrogen-bond donors (Lipinski definition) is 1. The van der Waals surface area contributed by atoms with Crippen LogP contribution >= 0.6 is 0 Å². The van der Waals surface area contributed by atoms with Crippen molar-refractivity contribution >= 4 is 17.5 Å². The molecular formula is C16H14N2O3. The van der Waals surface area contributed by atoms with Crippen molar-refractivity contribution in [2.24, 2.45) is 0 Å². The molecule has 5 heteroatoms. The van der Waals surface area contributed by atoms with Gasteiger partial charge in [0.05, 0.1) is 6.42 Å². The number of carbonyl (C=O) groups is 2. The highest BCUT2D eigenvalue weighted by molar-refractivity contribution is 6.09. The molecule has 0 saturated carbocycles. The van der Waals surface area contributed by atoms with E-state index in [2.05, 4.69) is 0 Å². The van der Waals surface area contributed by atoms with Crippen LogP contribution in [-0.4, -0.2) is 16.9 Å². The zero-order valence-electron chi connectivity index (χ0n) is 11.3. The summed E-state index contributed by atoms with van der Waals surface area (Å²) in [5, 5.41) is 0.828. The van der Waals surface area contributed by atoms with E-state index < -0.39 is 5.91 Å². The van der Waals surface area contributed by atoms with Gasteiger partial charge in [0.15, 0.2) is 0 Å². The second-order valence-electron chi connectivity index (χ2n) is 4.85. The average molecular weight is 282 g/mol. The maximum Gasteiger partial charge on any atom is 0.285 e. The molecule has 1 aliphatic rings. The molecule has 0 aromatic heterocycles. The number of carbonyl (C=O) groups excluding carboxylic acids is 2. The van der Waals surface area contributed by atoms with Gasteiger partial charge in [-0.1, -0.05) is 36.4 Å². The Morgan fingerprint density at radius 2 is 1.86 bits per heavy atom. The molecule has 0 atom stereocenters. The maximum absolute atomic E-state index is 12.3. The molecular weight excluding hydrogens is 268 g/mol. The standard InChI is InChI=1S/C16H14N2O3/c17-13-7-6-12-8-15(19)18(16(20)14(12)9-13)21-10-11-4-2-1-3-5-11/h1-7,9H,8,10,17H2. The number of hydrogen-bond acceptors (Lipinski definition) is 4. The third-order valence-electron chi connectivity index (χ3n) is 3.32. The van der Waals surface area contributed by atoms with Gasteiger partial charge in [0.25, 0.3) is 11.8 Å². The average Bonchev–Trinajstić information content (AvgIpc) is 2.49. The summed E-state index contributed by atoms with van der Waals surface area (Å²) in [5.41, 5.74) is 8.16. The SMILES string of the molecule is Nc1ccc2c(c1)C(=O)N(OCc1ccccc1)C(=O)C2. The number of nitrogens with two attached hydrogens (primary N) is 1. The first-order chi connectivity index (χ1) is 10.1. The van der Waals surface area contributed by atoms with Crippen LogP contribution in [0.4, 0.5) is 5.69 Å². The first kappa shape index (κ1) is 13.3. The first-order valence-corrected chi connectivity index (χ1v) is 6.57. The molecule has 0 unspecified atom stereocenters. The minimum atomic E-state index is -0.468. The van der Waals surface area contributed by atoms with E-state index in [-0.39, 0.29) is 18.9 Å². The Morgan fingerprint density at radius 3 is 2.62 bits per heavy atom. The molecule has 0 spiro atoms. The third-order valence-corrected chi connectivity index (χ3v) is 3.32. The van der Waals surface area contributed by atoms with Crippen molar-refractivity contribution in [3.05, 3.63) is 65.2 Å². The molecule has 1 aliphatic heterocycles. The van der Waals surface area contributed by atoms with E-state index in [1.54, 1.807) is 18.2 Å². The summed E-state index contributed by atoms with van der Waals surface area (Å²) in [5.74, 6) is -0.835. The summed E-state index contributed by atoms with van der Waals surface area (Å²) in [6, 6.07) is 14.3. The van der Waals surface area contributed by atoms with E-state index in [0.29, 0.717) is 16.8 Å². The van der Waals surface area contributed by atoms with E-state index in [4.69, 9.17) is 10.6 Å². The van der Waals surface area contributed by atoms with Crippen LogP contribution in [0.15, 0.2) is 48.5 Å². The van der Waals surface area contributed by atoms with Crippen LogP contribution in [0.2, 0.25) is 0 Å². The Bertz CT molecular complexity index is 698. The molecule has 1 heterocycles. The van der Waals surface area contributed by atoms with Crippen molar-refractivity contribution in [1.82, 2.24) is 5.06 Å². The van der Waals surface area contributed by atoms with E-state index in [0.717, 1.165) is 10.6 Å². The van der Waals surface area contributed by atoms with Crippen molar-refractivity contribution < 1.29 is 14.4 Å². The molecule has 106 valence electrons. The molecule has 2 amide bonds. The fraction of sp³-hybridized carbons (Fsp3) is 0.125. The van der Waals surface area contributed by atoms with Crippen molar-refractivity contribution in [3.8, 4) is 0 Å². The van der Waals surface area contributed by atoms with E-state index >= 15 is 0 Å². The van der Waals surface area contributed by atoms with E-state index in [1.165, 1.54) is 0 Å². The lowest BCUT2D eigenvalue weighted by Gasteiger charge is -2.25. The Morgan fingerprint density at radius 1 is 1.10 bits per heavy atom. The highest BCUT2D eigenvalue weighted by atomic mass is 16.7. The van der Waals surface area contributed by atoms with Gasteiger partial charge in [-0.25, -0.2) is 0 Å². The van der Waals surface area contributed by atoms with Crippen LogP contribution in [0.1, 0.15) is 21.5 Å². The quantitative estimate of drug-likeness (QED) is 0.689. The molecule has 2 N–H and O–H groups in total. The fourth-order valence-electron chi connectivity index (χ4n) is 2.25. The summed E-state index contributed by atoms with van der Waals surface area (Å²) in [4.78, 5) is 29.7. The summed E-state index contributed by atoms with van der Waals surface area (Å²) in [6.07, 6.45) is 0.135. The molecule has 2 aromatic carbocycles. The molecule has 3 rings (SSSR count). The molecule has 0 bridgehead atoms. The number of nitrogens with zero attached hydrogens (tertiary/aromatic N) is 1. The molecule has 0 aliphatic carbocycles. The van der Waals surface area contributed by atoms with E-state index in [1.807, 2.05) is 30.3 Å². The Hall–Kier alpha value is -2.66. The van der Waals surface area contributed by atoms with Gasteiger partial charge < -0.3 is 5.73 Å². The van der Waals surface area contributed by atoms with Crippen LogP contribution < -0.4 is 5.73 Å². The van der Waals surface area contributed by atoms with Crippen molar-refractivity contribution in [2.75, 3.05) is 5.73 Å². The highest BCUT2D eigenvalue weighted by Gasteiger charge is 2.32. The molecule has 2 aromatic rings. The van der Waals surface area contributed by atoms with Crippen LogP contribution in [0, 0.1) is 0 Å². The van der Waals surface area contributed by atoms with Crippen LogP contribution in [0.3, 0.4) is 0 Å². The van der Waals surface area contributed by atoms with Gasteiger partial charge in [0.2, 0.25) is 0 Å². The zero-order valence-corrected chi connectivity index (χ0v) is 11.3. The monoisotopic (exact) mass is 282 g/mol. The number of anilines is 1. The lowest BCUT2D eigenvalue weighted by Crippen LogP contribution is -2.42. The summed E-state index contributed by atoms with van der Waals surface area (Å²) in [7, 11) is 0. The van der Waals surface area contributed by atoms with Crippen LogP contribution in [0.5, 0.6) is 0 Å². The molecule has 0 radical (unpaired) electrons. The zero-order chi connectivity index (χ0) is 14.8. The van der Waals surface area contributed by atoms with Gasteiger partial charge in [-0.05, 0) is 23.3 Å². The van der Waals surface area contributed by atoms with Crippen molar-refractivity contribution in [1.29, 1.82) is 0 Å². The van der Waals surface area contributed by atoms with Gasteiger partial charge in [-0.3, -0.25) is 14.4 Å². The van der Waals surface area contributed by atoms with Crippen molar-refractivity contribution in [3.63, 3.8) is 0 Å². The predicted molar refractivity (Wildman–Crippen MR) is 77.0 cm³/mol. The second-order valence-corrected chi connectivity index (χ2v) is 4.85. The minimum Gasteiger partial charge on any atom is -0.399 e. The predicted octanol–water partition coefficient (Wildman–Crippen LogP) is 1.93. The highest BCUT2D eigenvalue weighted by Crippen LogP contribution is 2.23. The van der Waals surface area contributed by atoms with Crippen LogP contribution in [0.25, 0.3) is 0 Å². The Labute approximate surface area is 121 Å². The Balaban J connectivity index is 1.80. The number of rotatable bonds is 3. The van der Waals surface area contributed by atoms with E-state index in [9.17, 15) is 9.59 Å². The molecule has 5 nitrogen and oxygen atoms in total. The van der Waals surface area contributed by atoms with Gasteiger partial charge >= 0.3 is 0 Å². The summed E-state index contributed by atoms with van der Waals surface area (Å²) < 4.78 is 0. The maximum atomic E-state index is 12.3. The smallest absolute Gasteiger partial charge is 0.285 e. The molecule has 0 saturated heterocycles. The lowest BCUT2D eigenvalue weighted by molar-refractivity contribution is -0.174. The first-order valence-electron chi connectivity index (χ1n) is 6.57. The lowest BCUT2D eigenvalue weighted by atomic mass is 9.99. The normalized spacial score (nSPS) is 14.2. The molecule has 21 heavy (non-hydrogen) atoms. The number of hydroxylamine groups is 2. The number of nitrogen functional groups attached to an aromatic ring is 1. The number of amides is 2. The minimum absolute atomic E-state index is 0.135. The summed E-state index contributed by atoms with van der Waals surface area (Å²) >= 11 is 0. The fourth-order valence-corrected chi connectivity index (χ4v) is 2.25. The summed E-state index contributed by atoms with van der Waals surface area (Å²) in [6.45, 7) is 0.163. The van der Waals surface area contributed by atoms with Gasteiger partial charge in [0, 0.05) is 11.3 Å². The van der Waals surface area contributed by atoms with Gasteiger partial charge in [0.1, 0.15) is 6.61 Å². The van der Waals surface area contributed by atoms with Crippen LogP contribution in [-0.2, 0) is 22.7 Å². The van der Waals surface area contributed by atoms with Crippen molar-refractivity contribution in [2.45, 2.75) is 13.0 Å². The number of fused-ring (bicyclic) bond motifs is 1. The molecule has 0 fully saturated rings. The number of imide groups is 1. The second kappa shape index (κ2) is 5.38. The topological polar surface area (TPSA) is 72.6 Å². The Kier molecular flexibility index (Phi) is 3.41.